The molecular weight excluding hydrogens is 174 g/mol. The third-order valence-electron chi connectivity index (χ3n) is 0. The molecule has 0 aromatic carbocycles. The van der Waals surface area contributed by atoms with Gasteiger partial charge in [0.25, 0.3) is 0 Å². The minimum atomic E-state index is -3.67. The lowest BCUT2D eigenvalue weighted by molar-refractivity contribution is 0.535. The van der Waals surface area contributed by atoms with E-state index in [1.807, 2.05) is 0 Å². The van der Waals surface area contributed by atoms with Gasteiger partial charge in [-0.05, 0) is 0 Å². The van der Waals surface area contributed by atoms with Crippen LogP contribution >= 0.6 is 37.2 Å². The third kappa shape index (κ3) is 286. The van der Waals surface area contributed by atoms with Crippen molar-refractivity contribution >= 4 is 44.8 Å². The Morgan fingerprint density at radius 1 is 0.714 bits per heavy atom. The Balaban J connectivity index is -0.0000000150. The van der Waals surface area contributed by atoms with Crippen molar-refractivity contribution in [2.24, 2.45) is 0 Å². The lowest BCUT2D eigenvalue weighted by Gasteiger charge is -1.55. The molecule has 0 saturated carbocycles. The fourth-order valence-corrected chi connectivity index (χ4v) is 0. The Kier molecular flexibility index (Phi) is 57.1. The van der Waals surface area contributed by atoms with E-state index >= 15 is 0 Å². The molecule has 0 spiro atoms. The Morgan fingerprint density at radius 2 is 0.714 bits per heavy atom. The maximum Gasteiger partial charge on any atom is 0.762 e. The SMILES string of the molecule is Cl.Cl.Cl.FB(F)F. The largest absolute Gasteiger partial charge is 0.762 e. The average molecular weight is 177 g/mol. The molecule has 0 aliphatic rings. The van der Waals surface area contributed by atoms with E-state index < -0.39 is 7.54 Å². The van der Waals surface area contributed by atoms with Crippen molar-refractivity contribution in [2.75, 3.05) is 0 Å². The first kappa shape index (κ1) is 25.2. The topological polar surface area (TPSA) is 0 Å². The fourth-order valence-electron chi connectivity index (χ4n) is 0. The maximum atomic E-state index is 9.67. The quantitative estimate of drug-likeness (QED) is 0.497. The van der Waals surface area contributed by atoms with Crippen LogP contribution in [-0.4, -0.2) is 7.54 Å². The van der Waals surface area contributed by atoms with Gasteiger partial charge in [0.2, 0.25) is 0 Å². The van der Waals surface area contributed by atoms with Crippen LogP contribution in [0, 0.1) is 0 Å². The standard InChI is InChI=1S/BF3.3ClH/c2-1(3)4;;;/h;3*1H. The molecule has 0 aromatic rings. The molecule has 0 aromatic heterocycles. The highest BCUT2D eigenvalue weighted by Crippen LogP contribution is 1.80. The molecule has 0 rings (SSSR count). The smallest absolute Gasteiger partial charge is 0.254 e. The van der Waals surface area contributed by atoms with Crippen LogP contribution in [0.15, 0.2) is 0 Å². The van der Waals surface area contributed by atoms with Crippen molar-refractivity contribution < 1.29 is 12.9 Å². The van der Waals surface area contributed by atoms with Gasteiger partial charge in [0.15, 0.2) is 0 Å². The summed E-state index contributed by atoms with van der Waals surface area (Å²) in [5.41, 5.74) is 0. The number of halogens is 6. The summed E-state index contributed by atoms with van der Waals surface area (Å²) in [5, 5.41) is 0. The van der Waals surface area contributed by atoms with Gasteiger partial charge in [-0.2, -0.15) is 0 Å². The van der Waals surface area contributed by atoms with Crippen LogP contribution in [0.2, 0.25) is 0 Å². The van der Waals surface area contributed by atoms with Gasteiger partial charge in [0, 0.05) is 0 Å². The zero-order valence-corrected chi connectivity index (χ0v) is 5.39. The molecule has 0 saturated heterocycles. The molecular formula is H3BCl3F3. The van der Waals surface area contributed by atoms with E-state index in [1.165, 1.54) is 0 Å². The van der Waals surface area contributed by atoms with E-state index in [9.17, 15) is 12.9 Å². The highest BCUT2D eigenvalue weighted by Gasteiger charge is 2.06. The maximum absolute atomic E-state index is 9.67. The number of hydrogen-bond donors (Lipinski definition) is 0. The molecule has 0 fully saturated rings. The second-order valence-electron chi connectivity index (χ2n) is 0.247. The zero-order valence-electron chi connectivity index (χ0n) is 2.94. The van der Waals surface area contributed by atoms with Crippen LogP contribution in [0.5, 0.6) is 0 Å². The average Bonchev–Trinajstić information content (AvgIpc) is 0.811. The molecule has 0 N–H and O–H groups in total. The van der Waals surface area contributed by atoms with Gasteiger partial charge in [-0.15, -0.1) is 37.2 Å². The third-order valence-corrected chi connectivity index (χ3v) is 0. The van der Waals surface area contributed by atoms with Gasteiger partial charge in [-0.3, -0.25) is 12.9 Å². The van der Waals surface area contributed by atoms with Gasteiger partial charge >= 0.3 is 7.54 Å². The molecule has 0 bridgehead atoms. The summed E-state index contributed by atoms with van der Waals surface area (Å²) >= 11 is 0. The first-order valence-corrected chi connectivity index (χ1v) is 0.655. The molecule has 7 heavy (non-hydrogen) atoms. The summed E-state index contributed by atoms with van der Waals surface area (Å²) in [6.45, 7) is 0. The van der Waals surface area contributed by atoms with Crippen LogP contribution in [-0.2, 0) is 0 Å². The van der Waals surface area contributed by atoms with Crippen LogP contribution < -0.4 is 0 Å². The normalized spacial score (nSPS) is 3.86. The summed E-state index contributed by atoms with van der Waals surface area (Å²) in [6.07, 6.45) is 0. The molecule has 0 aliphatic heterocycles. The zero-order chi connectivity index (χ0) is 3.58. The predicted molar refractivity (Wildman–Crippen MR) is 30.8 cm³/mol. The van der Waals surface area contributed by atoms with Gasteiger partial charge in [-0.25, -0.2) is 0 Å². The van der Waals surface area contributed by atoms with E-state index in [0.29, 0.717) is 0 Å². The second-order valence-corrected chi connectivity index (χ2v) is 0.247. The summed E-state index contributed by atoms with van der Waals surface area (Å²) in [5.74, 6) is 0. The van der Waals surface area contributed by atoms with E-state index in [0.717, 1.165) is 0 Å². The Morgan fingerprint density at radius 3 is 0.714 bits per heavy atom. The van der Waals surface area contributed by atoms with Crippen LogP contribution in [0.25, 0.3) is 0 Å². The van der Waals surface area contributed by atoms with Crippen LogP contribution in [0.4, 0.5) is 12.9 Å². The summed E-state index contributed by atoms with van der Waals surface area (Å²) in [7, 11) is -3.67. The van der Waals surface area contributed by atoms with Gasteiger partial charge in [0.1, 0.15) is 0 Å². The van der Waals surface area contributed by atoms with Crippen molar-refractivity contribution in [1.29, 1.82) is 0 Å². The van der Waals surface area contributed by atoms with Crippen molar-refractivity contribution in [2.45, 2.75) is 0 Å². The molecule has 0 nitrogen and oxygen atoms in total. The van der Waals surface area contributed by atoms with Crippen molar-refractivity contribution in [1.82, 2.24) is 0 Å². The second kappa shape index (κ2) is 15.9. The lowest BCUT2D eigenvalue weighted by Crippen LogP contribution is -1.76. The Labute approximate surface area is 58.3 Å². The first-order chi connectivity index (χ1) is 1.73. The van der Waals surface area contributed by atoms with Gasteiger partial charge < -0.3 is 0 Å². The molecule has 0 heterocycles. The minimum absolute atomic E-state index is 0. The molecule has 48 valence electrons. The highest BCUT2D eigenvalue weighted by molar-refractivity contribution is 6.33. The number of hydrogen-bond acceptors (Lipinski definition) is 0. The Hall–Kier alpha value is 0.725. The lowest BCUT2D eigenvalue weighted by atomic mass is 10.5. The molecule has 0 amide bonds. The highest BCUT2D eigenvalue weighted by atomic mass is 35.5. The van der Waals surface area contributed by atoms with E-state index in [1.54, 1.807) is 0 Å². The minimum Gasteiger partial charge on any atom is -0.254 e. The summed E-state index contributed by atoms with van der Waals surface area (Å²) < 4.78 is 29.0. The van der Waals surface area contributed by atoms with Crippen LogP contribution in [0.3, 0.4) is 0 Å². The molecule has 0 unspecified atom stereocenters. The number of rotatable bonds is 0. The molecule has 0 radical (unpaired) electrons. The molecule has 7 heteroatoms. The van der Waals surface area contributed by atoms with E-state index in [-0.39, 0.29) is 37.2 Å². The fraction of sp³-hybridized carbons (Fsp3) is 0. The van der Waals surface area contributed by atoms with Crippen LogP contribution in [0.1, 0.15) is 0 Å². The molecule has 0 aliphatic carbocycles. The van der Waals surface area contributed by atoms with Crippen molar-refractivity contribution in [3.63, 3.8) is 0 Å². The monoisotopic (exact) mass is 176 g/mol. The molecule has 0 atom stereocenters. The summed E-state index contributed by atoms with van der Waals surface area (Å²) in [4.78, 5) is 0. The van der Waals surface area contributed by atoms with E-state index in [2.05, 4.69) is 0 Å². The van der Waals surface area contributed by atoms with Crippen molar-refractivity contribution in [3.8, 4) is 0 Å². The summed E-state index contributed by atoms with van der Waals surface area (Å²) in [6, 6.07) is 0. The Bertz CT molecular complexity index is 14.9. The predicted octanol–water partition coefficient (Wildman–Crippen LogP) is 2.15. The van der Waals surface area contributed by atoms with Crippen molar-refractivity contribution in [3.05, 3.63) is 0 Å². The first-order valence-electron chi connectivity index (χ1n) is 0.655. The van der Waals surface area contributed by atoms with Gasteiger partial charge in [-0.1, -0.05) is 0 Å². The van der Waals surface area contributed by atoms with E-state index in [4.69, 9.17) is 0 Å². The van der Waals surface area contributed by atoms with Gasteiger partial charge in [0.05, 0.1) is 0 Å².